The fourth-order valence-corrected chi connectivity index (χ4v) is 3.44. The zero-order valence-electron chi connectivity index (χ0n) is 12.9. The van der Waals surface area contributed by atoms with Crippen LogP contribution in [0.5, 0.6) is 0 Å². The molecular formula is C15H26F2N2O2. The van der Waals surface area contributed by atoms with E-state index >= 15 is 0 Å². The van der Waals surface area contributed by atoms with Crippen molar-refractivity contribution < 1.29 is 18.3 Å². The average Bonchev–Trinajstić information content (AvgIpc) is 2.44. The lowest BCUT2D eigenvalue weighted by Crippen LogP contribution is -2.60. The molecule has 0 aromatic rings. The van der Waals surface area contributed by atoms with Crippen molar-refractivity contribution in [1.82, 2.24) is 10.2 Å². The van der Waals surface area contributed by atoms with Crippen LogP contribution in [0.4, 0.5) is 13.6 Å². The minimum atomic E-state index is -2.53. The molecule has 0 radical (unpaired) electrons. The summed E-state index contributed by atoms with van der Waals surface area (Å²) in [6, 6.07) is -1.46. The van der Waals surface area contributed by atoms with Gasteiger partial charge in [0, 0.05) is 6.54 Å². The monoisotopic (exact) mass is 304 g/mol. The number of rotatable bonds is 3. The summed E-state index contributed by atoms with van der Waals surface area (Å²) in [5.41, 5.74) is -0.264. The number of hydrogen-bond donors (Lipinski definition) is 1. The molecule has 2 unspecified atom stereocenters. The molecular weight excluding hydrogens is 278 g/mol. The zero-order valence-corrected chi connectivity index (χ0v) is 12.9. The Kier molecular flexibility index (Phi) is 5.41. The van der Waals surface area contributed by atoms with Gasteiger partial charge in [0.1, 0.15) is 0 Å². The molecule has 1 saturated carbocycles. The maximum atomic E-state index is 12.8. The average molecular weight is 304 g/mol. The molecule has 2 amide bonds. The van der Waals surface area contributed by atoms with Crippen molar-refractivity contribution in [3.63, 3.8) is 0 Å². The van der Waals surface area contributed by atoms with Gasteiger partial charge >= 0.3 is 6.03 Å². The van der Waals surface area contributed by atoms with Crippen LogP contribution in [0.3, 0.4) is 0 Å². The topological polar surface area (TPSA) is 41.6 Å². The van der Waals surface area contributed by atoms with Crippen molar-refractivity contribution in [3.8, 4) is 0 Å². The molecule has 122 valence electrons. The number of morpholine rings is 1. The van der Waals surface area contributed by atoms with Crippen molar-refractivity contribution in [3.05, 3.63) is 0 Å². The normalized spacial score (nSPS) is 26.9. The van der Waals surface area contributed by atoms with Crippen molar-refractivity contribution in [2.24, 2.45) is 0 Å². The predicted molar refractivity (Wildman–Crippen MR) is 76.6 cm³/mol. The SMILES string of the molecule is CCC(NC(=O)N1CC(C)OC2(CCCCC2)C1)C(F)F. The summed E-state index contributed by atoms with van der Waals surface area (Å²) in [5, 5.41) is 2.46. The predicted octanol–water partition coefficient (Wildman–Crippen LogP) is 3.16. The highest BCUT2D eigenvalue weighted by molar-refractivity contribution is 5.74. The number of nitrogens with zero attached hydrogens (tertiary/aromatic N) is 1. The summed E-state index contributed by atoms with van der Waals surface area (Å²) in [6.45, 7) is 4.58. The second-order valence-corrected chi connectivity index (χ2v) is 6.35. The van der Waals surface area contributed by atoms with E-state index in [0.29, 0.717) is 13.1 Å². The van der Waals surface area contributed by atoms with Crippen LogP contribution >= 0.6 is 0 Å². The highest BCUT2D eigenvalue weighted by Crippen LogP contribution is 2.36. The molecule has 4 nitrogen and oxygen atoms in total. The Morgan fingerprint density at radius 3 is 2.62 bits per heavy atom. The van der Waals surface area contributed by atoms with E-state index in [1.165, 1.54) is 6.42 Å². The Morgan fingerprint density at radius 1 is 1.38 bits per heavy atom. The first-order chi connectivity index (χ1) is 9.96. The molecule has 2 fully saturated rings. The second kappa shape index (κ2) is 6.90. The number of ether oxygens (including phenoxy) is 1. The molecule has 2 aliphatic rings. The molecule has 21 heavy (non-hydrogen) atoms. The van der Waals surface area contributed by atoms with Crippen molar-refractivity contribution in [2.45, 2.75) is 76.5 Å². The number of urea groups is 1. The maximum absolute atomic E-state index is 12.8. The lowest BCUT2D eigenvalue weighted by molar-refractivity contribution is -0.153. The van der Waals surface area contributed by atoms with Gasteiger partial charge in [-0.3, -0.25) is 0 Å². The van der Waals surface area contributed by atoms with E-state index in [4.69, 9.17) is 4.74 Å². The quantitative estimate of drug-likeness (QED) is 0.870. The van der Waals surface area contributed by atoms with Gasteiger partial charge in [0.05, 0.1) is 24.3 Å². The molecule has 2 rings (SSSR count). The number of carbonyl (C=O) groups excluding carboxylic acids is 1. The summed E-state index contributed by atoms with van der Waals surface area (Å²) < 4.78 is 31.7. The molecule has 0 aromatic heterocycles. The van der Waals surface area contributed by atoms with E-state index in [1.807, 2.05) is 6.92 Å². The van der Waals surface area contributed by atoms with Crippen LogP contribution in [-0.2, 0) is 4.74 Å². The lowest BCUT2D eigenvalue weighted by Gasteiger charge is -2.47. The Bertz CT molecular complexity index is 360. The van der Waals surface area contributed by atoms with Crippen LogP contribution in [0.1, 0.15) is 52.4 Å². The van der Waals surface area contributed by atoms with Gasteiger partial charge in [-0.25, -0.2) is 13.6 Å². The van der Waals surface area contributed by atoms with Crippen molar-refractivity contribution in [1.29, 1.82) is 0 Å². The Balaban J connectivity index is 1.99. The molecule has 1 aliphatic heterocycles. The van der Waals surface area contributed by atoms with Gasteiger partial charge in [-0.2, -0.15) is 0 Å². The first-order valence-electron chi connectivity index (χ1n) is 7.97. The van der Waals surface area contributed by atoms with E-state index in [0.717, 1.165) is 25.7 Å². The molecule has 0 aromatic carbocycles. The van der Waals surface area contributed by atoms with Crippen LogP contribution in [0.2, 0.25) is 0 Å². The summed E-state index contributed by atoms with van der Waals surface area (Å²) >= 11 is 0. The molecule has 1 spiro atoms. The van der Waals surface area contributed by atoms with Crippen molar-refractivity contribution in [2.75, 3.05) is 13.1 Å². The first kappa shape index (κ1) is 16.5. The number of carbonyl (C=O) groups is 1. The standard InChI is InChI=1S/C15H26F2N2O2/c1-3-12(13(16)17)18-14(20)19-9-11(2)21-15(10-19)7-5-4-6-8-15/h11-13H,3-10H2,1-2H3,(H,18,20). The molecule has 1 aliphatic carbocycles. The Hall–Kier alpha value is -0.910. The van der Waals surface area contributed by atoms with Crippen LogP contribution in [-0.4, -0.2) is 48.2 Å². The van der Waals surface area contributed by atoms with Gasteiger partial charge in [-0.15, -0.1) is 0 Å². The van der Waals surface area contributed by atoms with Crippen molar-refractivity contribution >= 4 is 6.03 Å². The van der Waals surface area contributed by atoms with E-state index in [9.17, 15) is 13.6 Å². The number of amides is 2. The number of alkyl halides is 2. The third-order valence-electron chi connectivity index (χ3n) is 4.51. The first-order valence-corrected chi connectivity index (χ1v) is 7.97. The summed E-state index contributed by atoms with van der Waals surface area (Å²) in [5.74, 6) is 0. The van der Waals surface area contributed by atoms with Crippen LogP contribution in [0.25, 0.3) is 0 Å². The summed E-state index contributed by atoms with van der Waals surface area (Å²) in [6.07, 6.45) is 2.98. The smallest absolute Gasteiger partial charge is 0.317 e. The molecule has 1 N–H and O–H groups in total. The maximum Gasteiger partial charge on any atom is 0.317 e. The van der Waals surface area contributed by atoms with Crippen LogP contribution in [0.15, 0.2) is 0 Å². The van der Waals surface area contributed by atoms with Gasteiger partial charge in [-0.1, -0.05) is 26.2 Å². The fourth-order valence-electron chi connectivity index (χ4n) is 3.44. The minimum absolute atomic E-state index is 0.0470. The van der Waals surface area contributed by atoms with Gasteiger partial charge < -0.3 is 15.0 Å². The van der Waals surface area contributed by atoms with Crippen LogP contribution < -0.4 is 5.32 Å². The fraction of sp³-hybridized carbons (Fsp3) is 0.933. The summed E-state index contributed by atoms with van der Waals surface area (Å²) in [4.78, 5) is 13.9. The van der Waals surface area contributed by atoms with Gasteiger partial charge in [0.25, 0.3) is 6.43 Å². The van der Waals surface area contributed by atoms with E-state index in [1.54, 1.807) is 11.8 Å². The number of halogens is 2. The van der Waals surface area contributed by atoms with Gasteiger partial charge in [0.15, 0.2) is 0 Å². The van der Waals surface area contributed by atoms with E-state index in [-0.39, 0.29) is 24.2 Å². The lowest BCUT2D eigenvalue weighted by atomic mass is 9.83. The Labute approximate surface area is 125 Å². The van der Waals surface area contributed by atoms with E-state index in [2.05, 4.69) is 5.32 Å². The van der Waals surface area contributed by atoms with Crippen LogP contribution in [0, 0.1) is 0 Å². The molecule has 1 heterocycles. The minimum Gasteiger partial charge on any atom is -0.368 e. The largest absolute Gasteiger partial charge is 0.368 e. The third kappa shape index (κ3) is 4.05. The molecule has 1 saturated heterocycles. The highest BCUT2D eigenvalue weighted by Gasteiger charge is 2.42. The second-order valence-electron chi connectivity index (χ2n) is 6.35. The molecule has 6 heteroatoms. The van der Waals surface area contributed by atoms with Gasteiger partial charge in [-0.05, 0) is 26.2 Å². The molecule has 0 bridgehead atoms. The Morgan fingerprint density at radius 2 is 2.05 bits per heavy atom. The van der Waals surface area contributed by atoms with Gasteiger partial charge in [0.2, 0.25) is 0 Å². The number of nitrogens with one attached hydrogen (secondary N) is 1. The van der Waals surface area contributed by atoms with E-state index < -0.39 is 12.5 Å². The number of hydrogen-bond acceptors (Lipinski definition) is 2. The third-order valence-corrected chi connectivity index (χ3v) is 4.51. The highest BCUT2D eigenvalue weighted by atomic mass is 19.3. The zero-order chi connectivity index (χ0) is 15.5. The molecule has 2 atom stereocenters. The summed E-state index contributed by atoms with van der Waals surface area (Å²) in [7, 11) is 0.